The largest absolute Gasteiger partial charge is 0.389 e. The highest BCUT2D eigenvalue weighted by atomic mass is 127. The van der Waals surface area contributed by atoms with Gasteiger partial charge >= 0.3 is 0 Å². The molecular weight excluding hydrogens is 435 g/mol. The number of hydrogen-bond acceptors (Lipinski definition) is 5. The van der Waals surface area contributed by atoms with Gasteiger partial charge in [0.25, 0.3) is 0 Å². The molecule has 0 radical (unpaired) electrons. The van der Waals surface area contributed by atoms with Gasteiger partial charge in [0.1, 0.15) is 12.2 Å². The van der Waals surface area contributed by atoms with E-state index >= 15 is 0 Å². The molecule has 0 spiro atoms. The van der Waals surface area contributed by atoms with Crippen LogP contribution in [0, 0.1) is 5.92 Å². The van der Waals surface area contributed by atoms with Gasteiger partial charge in [-0.05, 0) is 12.8 Å². The third-order valence-corrected chi connectivity index (χ3v) is 3.22. The van der Waals surface area contributed by atoms with Crippen LogP contribution in [-0.4, -0.2) is 64.8 Å². The number of aromatic nitrogens is 3. The van der Waals surface area contributed by atoms with E-state index in [0.29, 0.717) is 38.2 Å². The molecule has 1 atom stereocenters. The quantitative estimate of drug-likeness (QED) is 0.255. The molecule has 9 heteroatoms. The van der Waals surface area contributed by atoms with Crippen molar-refractivity contribution in [2.75, 3.05) is 32.8 Å². The van der Waals surface area contributed by atoms with Crippen LogP contribution < -0.4 is 10.6 Å². The van der Waals surface area contributed by atoms with Gasteiger partial charge in [0.15, 0.2) is 5.96 Å². The van der Waals surface area contributed by atoms with E-state index in [1.165, 1.54) is 0 Å². The van der Waals surface area contributed by atoms with E-state index in [0.717, 1.165) is 25.3 Å². The van der Waals surface area contributed by atoms with Crippen molar-refractivity contribution in [1.29, 1.82) is 0 Å². The summed E-state index contributed by atoms with van der Waals surface area (Å²) >= 11 is 0. The molecule has 0 aliphatic rings. The Bertz CT molecular complexity index is 481. The van der Waals surface area contributed by atoms with E-state index in [1.54, 1.807) is 6.33 Å². The number of ether oxygens (including phenoxy) is 1. The Morgan fingerprint density at radius 2 is 2.08 bits per heavy atom. The average Bonchev–Trinajstić information content (AvgIpc) is 2.99. The first-order valence-electron chi connectivity index (χ1n) is 8.71. The number of halogens is 1. The Morgan fingerprint density at radius 3 is 2.72 bits per heavy atom. The number of nitrogens with one attached hydrogen (secondary N) is 2. The Hall–Kier alpha value is -0.940. The fourth-order valence-electron chi connectivity index (χ4n) is 2.07. The standard InChI is InChI=1S/C16H32N6O2.HI/c1-5-15-21-20-12-22(15)8-7-18-16(17-6-2)19-9-14(23)11-24-10-13(3)4;/h12-14,23H,5-11H2,1-4H3,(H2,17,18,19);1H. The molecule has 0 amide bonds. The van der Waals surface area contributed by atoms with Gasteiger partial charge in [0.2, 0.25) is 0 Å². The molecule has 0 bridgehead atoms. The summed E-state index contributed by atoms with van der Waals surface area (Å²) in [5.74, 6) is 2.12. The number of guanidine groups is 1. The van der Waals surface area contributed by atoms with E-state index in [9.17, 15) is 5.11 Å². The summed E-state index contributed by atoms with van der Waals surface area (Å²) in [5, 5.41) is 24.3. The van der Waals surface area contributed by atoms with Crippen LogP contribution in [0.25, 0.3) is 0 Å². The number of aliphatic hydroxyl groups is 1. The van der Waals surface area contributed by atoms with Crippen LogP contribution in [0.2, 0.25) is 0 Å². The number of hydrogen-bond donors (Lipinski definition) is 3. The summed E-state index contributed by atoms with van der Waals surface area (Å²) < 4.78 is 7.45. The predicted octanol–water partition coefficient (Wildman–Crippen LogP) is 1.05. The first kappa shape index (κ1) is 24.1. The van der Waals surface area contributed by atoms with Crippen LogP contribution in [0.4, 0.5) is 0 Å². The van der Waals surface area contributed by atoms with Crippen LogP contribution in [0.15, 0.2) is 11.3 Å². The Kier molecular flexibility index (Phi) is 13.7. The molecular formula is C16H33IN6O2. The molecule has 25 heavy (non-hydrogen) atoms. The highest BCUT2D eigenvalue weighted by Crippen LogP contribution is 1.96. The van der Waals surface area contributed by atoms with Crippen LogP contribution >= 0.6 is 24.0 Å². The Morgan fingerprint density at radius 1 is 1.32 bits per heavy atom. The smallest absolute Gasteiger partial charge is 0.191 e. The van der Waals surface area contributed by atoms with Crippen molar-refractivity contribution >= 4 is 29.9 Å². The van der Waals surface area contributed by atoms with Gasteiger partial charge < -0.3 is 25.0 Å². The van der Waals surface area contributed by atoms with Crippen molar-refractivity contribution in [3.63, 3.8) is 0 Å². The molecule has 1 aromatic rings. The first-order valence-corrected chi connectivity index (χ1v) is 8.71. The van der Waals surface area contributed by atoms with Crippen molar-refractivity contribution in [1.82, 2.24) is 25.4 Å². The third kappa shape index (κ3) is 10.6. The molecule has 1 aromatic heterocycles. The van der Waals surface area contributed by atoms with Crippen molar-refractivity contribution in [3.8, 4) is 0 Å². The van der Waals surface area contributed by atoms with Crippen LogP contribution in [0.1, 0.15) is 33.5 Å². The van der Waals surface area contributed by atoms with Crippen molar-refractivity contribution in [2.45, 2.75) is 46.8 Å². The van der Waals surface area contributed by atoms with Gasteiger partial charge in [-0.2, -0.15) is 0 Å². The van der Waals surface area contributed by atoms with Crippen LogP contribution in [0.3, 0.4) is 0 Å². The maximum absolute atomic E-state index is 9.91. The highest BCUT2D eigenvalue weighted by molar-refractivity contribution is 14.0. The molecule has 146 valence electrons. The SMILES string of the molecule is CCNC(=NCC(O)COCC(C)C)NCCn1cnnc1CC.I. The van der Waals surface area contributed by atoms with E-state index in [1.807, 2.05) is 11.5 Å². The second-order valence-corrected chi connectivity index (χ2v) is 6.03. The predicted molar refractivity (Wildman–Crippen MR) is 110 cm³/mol. The lowest BCUT2D eigenvalue weighted by Gasteiger charge is -2.14. The zero-order valence-electron chi connectivity index (χ0n) is 15.7. The summed E-state index contributed by atoms with van der Waals surface area (Å²) in [5.41, 5.74) is 0. The molecule has 3 N–H and O–H groups in total. The molecule has 0 aromatic carbocycles. The molecule has 1 rings (SSSR count). The van der Waals surface area contributed by atoms with Crippen molar-refractivity contribution in [2.24, 2.45) is 10.9 Å². The minimum Gasteiger partial charge on any atom is -0.389 e. The second kappa shape index (κ2) is 14.3. The third-order valence-electron chi connectivity index (χ3n) is 3.22. The van der Waals surface area contributed by atoms with E-state index in [-0.39, 0.29) is 24.0 Å². The number of rotatable bonds is 11. The Labute approximate surface area is 167 Å². The lowest BCUT2D eigenvalue weighted by Crippen LogP contribution is -2.39. The Balaban J connectivity index is 0.00000576. The minimum absolute atomic E-state index is 0. The second-order valence-electron chi connectivity index (χ2n) is 6.03. The molecule has 0 saturated heterocycles. The summed E-state index contributed by atoms with van der Waals surface area (Å²) in [6.45, 7) is 11.7. The van der Waals surface area contributed by atoms with Gasteiger partial charge in [-0.1, -0.05) is 20.8 Å². The molecule has 0 saturated carbocycles. The zero-order chi connectivity index (χ0) is 17.8. The molecule has 0 fully saturated rings. The lowest BCUT2D eigenvalue weighted by molar-refractivity contribution is 0.0301. The van der Waals surface area contributed by atoms with Gasteiger partial charge in [0, 0.05) is 32.7 Å². The zero-order valence-corrected chi connectivity index (χ0v) is 18.1. The van der Waals surface area contributed by atoms with Gasteiger partial charge in [-0.3, -0.25) is 4.99 Å². The summed E-state index contributed by atoms with van der Waals surface area (Å²) in [6.07, 6.45) is 2.00. The normalized spacial score (nSPS) is 12.8. The average molecular weight is 468 g/mol. The van der Waals surface area contributed by atoms with Crippen LogP contribution in [0.5, 0.6) is 0 Å². The van der Waals surface area contributed by atoms with Gasteiger partial charge in [0.05, 0.1) is 19.3 Å². The fraction of sp³-hybridized carbons (Fsp3) is 0.812. The summed E-state index contributed by atoms with van der Waals surface area (Å²) in [7, 11) is 0. The van der Waals surface area contributed by atoms with Gasteiger partial charge in [-0.15, -0.1) is 34.2 Å². The topological polar surface area (TPSA) is 96.6 Å². The number of nitrogens with zero attached hydrogens (tertiary/aromatic N) is 4. The molecule has 8 nitrogen and oxygen atoms in total. The van der Waals surface area contributed by atoms with Crippen molar-refractivity contribution < 1.29 is 9.84 Å². The van der Waals surface area contributed by atoms with Crippen LogP contribution in [-0.2, 0) is 17.7 Å². The van der Waals surface area contributed by atoms with Crippen molar-refractivity contribution in [3.05, 3.63) is 12.2 Å². The maximum Gasteiger partial charge on any atom is 0.191 e. The maximum atomic E-state index is 9.91. The monoisotopic (exact) mass is 468 g/mol. The lowest BCUT2D eigenvalue weighted by atomic mass is 10.2. The molecule has 1 unspecified atom stereocenters. The molecule has 0 aliphatic heterocycles. The van der Waals surface area contributed by atoms with E-state index in [2.05, 4.69) is 46.6 Å². The van der Waals surface area contributed by atoms with Gasteiger partial charge in [-0.25, -0.2) is 0 Å². The van der Waals surface area contributed by atoms with E-state index < -0.39 is 6.10 Å². The summed E-state index contributed by atoms with van der Waals surface area (Å²) in [6, 6.07) is 0. The molecule has 0 aliphatic carbocycles. The number of aliphatic imine (C=N–C) groups is 1. The number of aryl methyl sites for hydroxylation is 1. The first-order chi connectivity index (χ1) is 11.6. The minimum atomic E-state index is -0.594. The highest BCUT2D eigenvalue weighted by Gasteiger charge is 2.06. The number of aliphatic hydroxyl groups excluding tert-OH is 1. The fourth-order valence-corrected chi connectivity index (χ4v) is 2.07. The van der Waals surface area contributed by atoms with E-state index in [4.69, 9.17) is 4.74 Å². The summed E-state index contributed by atoms with van der Waals surface area (Å²) in [4.78, 5) is 4.40. The molecule has 1 heterocycles.